The van der Waals surface area contributed by atoms with Gasteiger partial charge >= 0.3 is 0 Å². The normalized spacial score (nSPS) is 12.2. The van der Waals surface area contributed by atoms with Gasteiger partial charge in [-0.25, -0.2) is 0 Å². The Morgan fingerprint density at radius 1 is 1.40 bits per heavy atom. The van der Waals surface area contributed by atoms with Gasteiger partial charge in [-0.2, -0.15) is 0 Å². The minimum absolute atomic E-state index is 0.246. The Hall–Kier alpha value is -1.26. The maximum atomic E-state index is 9.19. The van der Waals surface area contributed by atoms with Gasteiger partial charge in [0.2, 0.25) is 0 Å². The Morgan fingerprint density at radius 2 is 2.13 bits per heavy atom. The van der Waals surface area contributed by atoms with E-state index in [0.717, 1.165) is 11.4 Å². The van der Waals surface area contributed by atoms with E-state index >= 15 is 0 Å². The van der Waals surface area contributed by atoms with E-state index in [2.05, 4.69) is 5.32 Å². The minimum atomic E-state index is -0.750. The molecule has 0 heterocycles. The Morgan fingerprint density at radius 3 is 2.80 bits per heavy atom. The molecule has 1 unspecified atom stereocenters. The summed E-state index contributed by atoms with van der Waals surface area (Å²) in [6.45, 7) is 2.57. The second-order valence-corrected chi connectivity index (χ2v) is 3.15. The highest BCUT2D eigenvalue weighted by Crippen LogP contribution is 2.23. The van der Waals surface area contributed by atoms with Crippen LogP contribution in [0.25, 0.3) is 0 Å². The molecule has 0 saturated heterocycles. The molecule has 4 nitrogen and oxygen atoms in total. The third kappa shape index (κ3) is 3.77. The lowest BCUT2D eigenvalue weighted by Gasteiger charge is -2.13. The lowest BCUT2D eigenvalue weighted by atomic mass is 10.2. The summed E-state index contributed by atoms with van der Waals surface area (Å²) in [6.07, 6.45) is -0.750. The molecule has 15 heavy (non-hydrogen) atoms. The zero-order valence-electron chi connectivity index (χ0n) is 8.81. The molecule has 0 fully saturated rings. The van der Waals surface area contributed by atoms with Gasteiger partial charge in [0, 0.05) is 6.54 Å². The largest absolute Gasteiger partial charge is 0.492 e. The number of benzene rings is 1. The van der Waals surface area contributed by atoms with E-state index in [4.69, 9.17) is 9.84 Å². The van der Waals surface area contributed by atoms with Gasteiger partial charge in [-0.3, -0.25) is 0 Å². The van der Waals surface area contributed by atoms with E-state index in [0.29, 0.717) is 13.2 Å². The number of anilines is 1. The Labute approximate surface area is 89.5 Å². The van der Waals surface area contributed by atoms with Crippen LogP contribution in [0.15, 0.2) is 24.3 Å². The van der Waals surface area contributed by atoms with Gasteiger partial charge in [0.05, 0.1) is 25.0 Å². The number of ether oxygens (including phenoxy) is 1. The van der Waals surface area contributed by atoms with Crippen molar-refractivity contribution in [2.24, 2.45) is 0 Å². The van der Waals surface area contributed by atoms with Crippen molar-refractivity contribution in [3.63, 3.8) is 0 Å². The van der Waals surface area contributed by atoms with Crippen LogP contribution in [0.3, 0.4) is 0 Å². The van der Waals surface area contributed by atoms with E-state index < -0.39 is 6.10 Å². The average molecular weight is 211 g/mol. The Balaban J connectivity index is 2.58. The lowest BCUT2D eigenvalue weighted by molar-refractivity contribution is 0.105. The topological polar surface area (TPSA) is 61.7 Å². The second kappa shape index (κ2) is 6.27. The number of para-hydroxylation sites is 2. The summed E-state index contributed by atoms with van der Waals surface area (Å²) in [5, 5.41) is 20.9. The first-order valence-corrected chi connectivity index (χ1v) is 5.02. The molecule has 0 aromatic heterocycles. The molecule has 0 aliphatic heterocycles. The van der Waals surface area contributed by atoms with Crippen molar-refractivity contribution in [1.82, 2.24) is 0 Å². The fourth-order valence-electron chi connectivity index (χ4n) is 1.19. The molecule has 4 heteroatoms. The summed E-state index contributed by atoms with van der Waals surface area (Å²) in [5.41, 5.74) is 0.826. The van der Waals surface area contributed by atoms with Crippen LogP contribution in [0.1, 0.15) is 6.92 Å². The third-order valence-corrected chi connectivity index (χ3v) is 1.93. The predicted molar refractivity (Wildman–Crippen MR) is 59.2 cm³/mol. The molecule has 0 aliphatic carbocycles. The van der Waals surface area contributed by atoms with Crippen LogP contribution in [0, 0.1) is 0 Å². The standard InChI is InChI=1S/C11H17NO3/c1-2-15-11-6-4-3-5-10(11)12-7-9(14)8-13/h3-6,9,12-14H,2,7-8H2,1H3. The quantitative estimate of drug-likeness (QED) is 0.653. The van der Waals surface area contributed by atoms with Gasteiger partial charge in [-0.15, -0.1) is 0 Å². The zero-order valence-corrected chi connectivity index (χ0v) is 8.81. The average Bonchev–Trinajstić information content (AvgIpc) is 2.28. The summed E-state index contributed by atoms with van der Waals surface area (Å²) < 4.78 is 5.40. The highest BCUT2D eigenvalue weighted by atomic mass is 16.5. The summed E-state index contributed by atoms with van der Waals surface area (Å²) >= 11 is 0. The van der Waals surface area contributed by atoms with Crippen LogP contribution in [-0.4, -0.2) is 36.1 Å². The summed E-state index contributed by atoms with van der Waals surface area (Å²) in [5.74, 6) is 0.755. The number of hydrogen-bond donors (Lipinski definition) is 3. The zero-order chi connectivity index (χ0) is 11.1. The van der Waals surface area contributed by atoms with Crippen molar-refractivity contribution in [3.05, 3.63) is 24.3 Å². The second-order valence-electron chi connectivity index (χ2n) is 3.15. The van der Waals surface area contributed by atoms with Crippen LogP contribution in [-0.2, 0) is 0 Å². The molecule has 1 atom stereocenters. The number of aliphatic hydroxyl groups is 2. The van der Waals surface area contributed by atoms with Gasteiger partial charge in [-0.1, -0.05) is 12.1 Å². The molecule has 0 spiro atoms. The maximum Gasteiger partial charge on any atom is 0.142 e. The summed E-state index contributed by atoms with van der Waals surface area (Å²) in [4.78, 5) is 0. The van der Waals surface area contributed by atoms with Crippen LogP contribution in [0.5, 0.6) is 5.75 Å². The Kier molecular flexibility index (Phi) is 4.93. The SMILES string of the molecule is CCOc1ccccc1NCC(O)CO. The minimum Gasteiger partial charge on any atom is -0.492 e. The molecule has 0 bridgehead atoms. The van der Waals surface area contributed by atoms with Crippen LogP contribution < -0.4 is 10.1 Å². The number of rotatable bonds is 6. The van der Waals surface area contributed by atoms with Crippen LogP contribution >= 0.6 is 0 Å². The van der Waals surface area contributed by atoms with Crippen molar-refractivity contribution in [1.29, 1.82) is 0 Å². The van der Waals surface area contributed by atoms with Gasteiger partial charge in [-0.05, 0) is 19.1 Å². The van der Waals surface area contributed by atoms with Crippen LogP contribution in [0.4, 0.5) is 5.69 Å². The Bertz CT molecular complexity index is 291. The van der Waals surface area contributed by atoms with Crippen molar-refractivity contribution in [3.8, 4) is 5.75 Å². The van der Waals surface area contributed by atoms with E-state index in [1.54, 1.807) is 0 Å². The molecule has 0 saturated carbocycles. The lowest BCUT2D eigenvalue weighted by Crippen LogP contribution is -2.23. The first-order valence-electron chi connectivity index (χ1n) is 5.02. The molecule has 0 aliphatic rings. The number of aliphatic hydroxyl groups excluding tert-OH is 2. The van der Waals surface area contributed by atoms with E-state index in [-0.39, 0.29) is 6.61 Å². The van der Waals surface area contributed by atoms with E-state index in [1.807, 2.05) is 31.2 Å². The molecular weight excluding hydrogens is 194 g/mol. The smallest absolute Gasteiger partial charge is 0.142 e. The first-order chi connectivity index (χ1) is 7.27. The maximum absolute atomic E-state index is 9.19. The summed E-state index contributed by atoms with van der Waals surface area (Å²) in [6, 6.07) is 7.50. The van der Waals surface area contributed by atoms with Gasteiger partial charge < -0.3 is 20.3 Å². The van der Waals surface area contributed by atoms with Gasteiger partial charge in [0.25, 0.3) is 0 Å². The molecule has 84 valence electrons. The molecule has 0 amide bonds. The molecule has 1 rings (SSSR count). The van der Waals surface area contributed by atoms with Gasteiger partial charge in [0.15, 0.2) is 0 Å². The monoisotopic (exact) mass is 211 g/mol. The van der Waals surface area contributed by atoms with E-state index in [9.17, 15) is 5.11 Å². The molecular formula is C11H17NO3. The van der Waals surface area contributed by atoms with Crippen molar-refractivity contribution in [2.75, 3.05) is 25.1 Å². The van der Waals surface area contributed by atoms with Crippen molar-refractivity contribution in [2.45, 2.75) is 13.0 Å². The molecule has 1 aromatic carbocycles. The molecule has 0 radical (unpaired) electrons. The highest BCUT2D eigenvalue weighted by Gasteiger charge is 2.04. The number of nitrogens with one attached hydrogen (secondary N) is 1. The van der Waals surface area contributed by atoms with Gasteiger partial charge in [0.1, 0.15) is 5.75 Å². The third-order valence-electron chi connectivity index (χ3n) is 1.93. The predicted octanol–water partition coefficient (Wildman–Crippen LogP) is 0.850. The summed E-state index contributed by atoms with van der Waals surface area (Å²) in [7, 11) is 0. The fraction of sp³-hybridized carbons (Fsp3) is 0.455. The first kappa shape index (κ1) is 11.8. The van der Waals surface area contributed by atoms with E-state index in [1.165, 1.54) is 0 Å². The molecule has 1 aromatic rings. The van der Waals surface area contributed by atoms with Crippen molar-refractivity contribution < 1.29 is 14.9 Å². The fourth-order valence-corrected chi connectivity index (χ4v) is 1.19. The highest BCUT2D eigenvalue weighted by molar-refractivity contribution is 5.56. The molecule has 3 N–H and O–H groups in total. The number of hydrogen-bond acceptors (Lipinski definition) is 4. The van der Waals surface area contributed by atoms with Crippen molar-refractivity contribution >= 4 is 5.69 Å². The van der Waals surface area contributed by atoms with Crippen LogP contribution in [0.2, 0.25) is 0 Å².